The lowest BCUT2D eigenvalue weighted by atomic mass is 10.1. The fourth-order valence-electron chi connectivity index (χ4n) is 4.07. The Morgan fingerprint density at radius 2 is 1.36 bits per heavy atom. The van der Waals surface area contributed by atoms with Gasteiger partial charge < -0.3 is 15.1 Å². The molecular weight excluding hydrogens is 450 g/mol. The molecule has 2 fully saturated rings. The molecule has 0 aliphatic carbocycles. The highest BCUT2D eigenvalue weighted by atomic mass is 19.4. The summed E-state index contributed by atoms with van der Waals surface area (Å²) in [5.74, 6) is 0. The molecule has 2 saturated heterocycles. The lowest BCUT2D eigenvalue weighted by Crippen LogP contribution is -2.64. The summed E-state index contributed by atoms with van der Waals surface area (Å²) < 4.78 is 78.0. The number of para-hydroxylation sites is 1. The van der Waals surface area contributed by atoms with Gasteiger partial charge in [-0.2, -0.15) is 26.3 Å². The Labute approximate surface area is 186 Å². The smallest absolute Gasteiger partial charge is 0.369 e. The second kappa shape index (κ2) is 8.77. The quantitative estimate of drug-likeness (QED) is 0.655. The molecule has 178 valence electrons. The van der Waals surface area contributed by atoms with Crippen LogP contribution in [0.15, 0.2) is 48.5 Å². The van der Waals surface area contributed by atoms with Crippen molar-refractivity contribution in [3.05, 3.63) is 59.7 Å². The molecule has 0 radical (unpaired) electrons. The zero-order chi connectivity index (χ0) is 23.8. The standard InChI is InChI=1S/C22H22F6N4O/c23-21(24,25)15-10-16(22(26,27)28)12-17(11-15)29-20(33)32-13-19(14-32)31-8-6-30(7-9-31)18-4-2-1-3-5-18/h1-5,10-12,19H,6-9,13-14H2,(H,29,33). The van der Waals surface area contributed by atoms with E-state index in [-0.39, 0.29) is 12.1 Å². The number of nitrogens with zero attached hydrogens (tertiary/aromatic N) is 3. The minimum absolute atomic E-state index is 0.0322. The molecule has 33 heavy (non-hydrogen) atoms. The monoisotopic (exact) mass is 472 g/mol. The van der Waals surface area contributed by atoms with Crippen LogP contribution >= 0.6 is 0 Å². The first-order valence-electron chi connectivity index (χ1n) is 10.4. The first-order valence-corrected chi connectivity index (χ1v) is 10.4. The number of carbonyl (C=O) groups is 1. The largest absolute Gasteiger partial charge is 0.416 e. The van der Waals surface area contributed by atoms with E-state index >= 15 is 0 Å². The van der Waals surface area contributed by atoms with Crippen molar-refractivity contribution in [3.63, 3.8) is 0 Å². The van der Waals surface area contributed by atoms with Gasteiger partial charge in [-0.05, 0) is 30.3 Å². The van der Waals surface area contributed by atoms with Crippen molar-refractivity contribution in [1.82, 2.24) is 9.80 Å². The van der Waals surface area contributed by atoms with Gasteiger partial charge in [0.2, 0.25) is 0 Å². The van der Waals surface area contributed by atoms with Gasteiger partial charge in [0.05, 0.1) is 11.1 Å². The van der Waals surface area contributed by atoms with Gasteiger partial charge in [0.1, 0.15) is 0 Å². The van der Waals surface area contributed by atoms with Crippen molar-refractivity contribution >= 4 is 17.4 Å². The minimum Gasteiger partial charge on any atom is -0.369 e. The number of alkyl halides is 6. The van der Waals surface area contributed by atoms with Crippen LogP contribution in [0.4, 0.5) is 42.5 Å². The molecule has 2 aromatic carbocycles. The van der Waals surface area contributed by atoms with Gasteiger partial charge in [-0.15, -0.1) is 0 Å². The Balaban J connectivity index is 1.32. The van der Waals surface area contributed by atoms with Crippen molar-refractivity contribution in [2.75, 3.05) is 49.5 Å². The zero-order valence-corrected chi connectivity index (χ0v) is 17.5. The van der Waals surface area contributed by atoms with E-state index in [1.165, 1.54) is 4.90 Å². The fraction of sp³-hybridized carbons (Fsp3) is 0.409. The highest BCUT2D eigenvalue weighted by Crippen LogP contribution is 2.37. The fourth-order valence-corrected chi connectivity index (χ4v) is 4.07. The highest BCUT2D eigenvalue weighted by molar-refractivity contribution is 5.90. The Bertz CT molecular complexity index is 948. The first-order chi connectivity index (χ1) is 15.5. The number of piperazine rings is 1. The Morgan fingerprint density at radius 1 is 0.818 bits per heavy atom. The second-order valence-corrected chi connectivity index (χ2v) is 8.14. The molecule has 2 aliphatic rings. The lowest BCUT2D eigenvalue weighted by Gasteiger charge is -2.48. The third kappa shape index (κ3) is 5.35. The number of halogens is 6. The van der Waals surface area contributed by atoms with Crippen LogP contribution in [0.2, 0.25) is 0 Å². The number of hydrogen-bond donors (Lipinski definition) is 1. The molecule has 2 aliphatic heterocycles. The van der Waals surface area contributed by atoms with E-state index in [0.29, 0.717) is 25.2 Å². The van der Waals surface area contributed by atoms with E-state index < -0.39 is 35.2 Å². The molecule has 5 nitrogen and oxygen atoms in total. The van der Waals surface area contributed by atoms with E-state index in [1.807, 2.05) is 30.3 Å². The summed E-state index contributed by atoms with van der Waals surface area (Å²) in [6.45, 7) is 3.99. The van der Waals surface area contributed by atoms with Crippen molar-refractivity contribution in [3.8, 4) is 0 Å². The van der Waals surface area contributed by atoms with Crippen molar-refractivity contribution in [2.45, 2.75) is 18.4 Å². The second-order valence-electron chi connectivity index (χ2n) is 8.14. The van der Waals surface area contributed by atoms with Crippen LogP contribution < -0.4 is 10.2 Å². The molecule has 1 N–H and O–H groups in total. The van der Waals surface area contributed by atoms with Gasteiger partial charge in [-0.3, -0.25) is 4.90 Å². The van der Waals surface area contributed by atoms with Gasteiger partial charge in [0.15, 0.2) is 0 Å². The molecule has 0 spiro atoms. The predicted molar refractivity (Wildman–Crippen MR) is 111 cm³/mol. The predicted octanol–water partition coefficient (Wildman–Crippen LogP) is 4.76. The van der Waals surface area contributed by atoms with E-state index in [1.54, 1.807) is 0 Å². The number of carbonyl (C=O) groups excluding carboxylic acids is 1. The molecule has 2 heterocycles. The van der Waals surface area contributed by atoms with Crippen molar-refractivity contribution < 1.29 is 31.1 Å². The van der Waals surface area contributed by atoms with Crippen LogP contribution in [0.25, 0.3) is 0 Å². The average Bonchev–Trinajstić information content (AvgIpc) is 2.72. The van der Waals surface area contributed by atoms with Gasteiger partial charge >= 0.3 is 18.4 Å². The summed E-state index contributed by atoms with van der Waals surface area (Å²) in [7, 11) is 0. The third-order valence-electron chi connectivity index (χ3n) is 5.94. The maximum absolute atomic E-state index is 13.0. The summed E-state index contributed by atoms with van der Waals surface area (Å²) >= 11 is 0. The normalized spacial score (nSPS) is 18.2. The number of rotatable bonds is 3. The third-order valence-corrected chi connectivity index (χ3v) is 5.94. The van der Waals surface area contributed by atoms with Crippen LogP contribution in [0.5, 0.6) is 0 Å². The SMILES string of the molecule is O=C(Nc1cc(C(F)(F)F)cc(C(F)(F)F)c1)N1CC(N2CCN(c3ccccc3)CC2)C1. The minimum atomic E-state index is -4.97. The molecule has 0 aromatic heterocycles. The summed E-state index contributed by atoms with van der Waals surface area (Å²) in [5, 5.41) is 2.18. The zero-order valence-electron chi connectivity index (χ0n) is 17.5. The summed E-state index contributed by atoms with van der Waals surface area (Å²) in [6.07, 6.45) is -9.94. The molecule has 0 unspecified atom stereocenters. The lowest BCUT2D eigenvalue weighted by molar-refractivity contribution is -0.143. The Morgan fingerprint density at radius 3 is 1.88 bits per heavy atom. The van der Waals surface area contributed by atoms with Crippen LogP contribution in [-0.4, -0.2) is 61.1 Å². The molecule has 4 rings (SSSR count). The highest BCUT2D eigenvalue weighted by Gasteiger charge is 2.39. The number of likely N-dealkylation sites (tertiary alicyclic amines) is 1. The average molecular weight is 472 g/mol. The number of anilines is 2. The topological polar surface area (TPSA) is 38.8 Å². The molecule has 2 aromatic rings. The summed E-state index contributed by atoms with van der Waals surface area (Å²) in [5.41, 5.74) is -2.33. The molecule has 11 heteroatoms. The number of urea groups is 1. The summed E-state index contributed by atoms with van der Waals surface area (Å²) in [6, 6.07) is 10.4. The molecule has 0 bridgehead atoms. The summed E-state index contributed by atoms with van der Waals surface area (Å²) in [4.78, 5) is 18.3. The number of nitrogens with one attached hydrogen (secondary N) is 1. The van der Waals surface area contributed by atoms with Crippen LogP contribution in [0, 0.1) is 0 Å². The van der Waals surface area contributed by atoms with Crippen LogP contribution in [0.3, 0.4) is 0 Å². The van der Waals surface area contributed by atoms with E-state index in [2.05, 4.69) is 15.1 Å². The van der Waals surface area contributed by atoms with E-state index in [0.717, 1.165) is 31.9 Å². The number of hydrogen-bond acceptors (Lipinski definition) is 3. The molecule has 2 amide bonds. The van der Waals surface area contributed by atoms with Gasteiger partial charge in [0.25, 0.3) is 0 Å². The number of benzene rings is 2. The van der Waals surface area contributed by atoms with E-state index in [9.17, 15) is 31.1 Å². The molecule has 0 atom stereocenters. The maximum Gasteiger partial charge on any atom is 0.416 e. The van der Waals surface area contributed by atoms with Gasteiger partial charge in [-0.25, -0.2) is 4.79 Å². The van der Waals surface area contributed by atoms with Crippen molar-refractivity contribution in [2.24, 2.45) is 0 Å². The van der Waals surface area contributed by atoms with Gasteiger partial charge in [0, 0.05) is 56.7 Å². The Kier molecular flexibility index (Phi) is 6.17. The van der Waals surface area contributed by atoms with Crippen LogP contribution in [-0.2, 0) is 12.4 Å². The maximum atomic E-state index is 13.0. The number of amides is 2. The first kappa shape index (κ1) is 23.2. The van der Waals surface area contributed by atoms with Crippen molar-refractivity contribution in [1.29, 1.82) is 0 Å². The van der Waals surface area contributed by atoms with Gasteiger partial charge in [-0.1, -0.05) is 18.2 Å². The van der Waals surface area contributed by atoms with Crippen LogP contribution in [0.1, 0.15) is 11.1 Å². The molecular formula is C22H22F6N4O. The molecule has 0 saturated carbocycles. The van der Waals surface area contributed by atoms with E-state index in [4.69, 9.17) is 0 Å². The Hall–Kier alpha value is -2.95.